The van der Waals surface area contributed by atoms with Gasteiger partial charge in [-0.25, -0.2) is 9.59 Å². The molecule has 2 aromatic rings. The first kappa shape index (κ1) is 45.2. The van der Waals surface area contributed by atoms with Crippen molar-refractivity contribution >= 4 is 41.5 Å². The van der Waals surface area contributed by atoms with Crippen LogP contribution in [0.2, 0.25) is 0 Å². The van der Waals surface area contributed by atoms with E-state index in [9.17, 15) is 38.7 Å². The molecule has 0 aromatic heterocycles. The zero-order valence-corrected chi connectivity index (χ0v) is 33.7. The maximum absolute atomic E-state index is 14.8. The van der Waals surface area contributed by atoms with Crippen LogP contribution in [0.1, 0.15) is 88.8 Å². The van der Waals surface area contributed by atoms with Gasteiger partial charge in [0.25, 0.3) is 0 Å². The molecule has 6 atom stereocenters. The van der Waals surface area contributed by atoms with E-state index in [0.717, 1.165) is 30.4 Å². The van der Waals surface area contributed by atoms with Gasteiger partial charge in [-0.3, -0.25) is 24.0 Å². The van der Waals surface area contributed by atoms with Gasteiger partial charge in [-0.15, -0.1) is 0 Å². The largest absolute Gasteiger partial charge is 0.480 e. The van der Waals surface area contributed by atoms with Crippen LogP contribution in [-0.4, -0.2) is 94.3 Å². The van der Waals surface area contributed by atoms with Crippen LogP contribution in [0.15, 0.2) is 54.6 Å². The number of primary amides is 1. The Hall–Kier alpha value is -5.51. The van der Waals surface area contributed by atoms with Crippen molar-refractivity contribution in [1.29, 1.82) is 0 Å². The molecule has 16 heteroatoms. The van der Waals surface area contributed by atoms with Crippen molar-refractivity contribution in [2.24, 2.45) is 23.3 Å². The van der Waals surface area contributed by atoms with Gasteiger partial charge in [0.2, 0.25) is 29.5 Å². The highest BCUT2D eigenvalue weighted by Crippen LogP contribution is 2.28. The van der Waals surface area contributed by atoms with Crippen LogP contribution in [0.4, 0.5) is 4.79 Å². The van der Waals surface area contributed by atoms with Gasteiger partial charge in [-0.2, -0.15) is 0 Å². The Morgan fingerprint density at radius 3 is 2.09 bits per heavy atom. The molecule has 0 spiro atoms. The Balaban J connectivity index is 1.64. The Morgan fingerprint density at radius 2 is 1.47 bits per heavy atom. The lowest BCUT2D eigenvalue weighted by Crippen LogP contribution is -2.62. The maximum atomic E-state index is 14.8. The van der Waals surface area contributed by atoms with E-state index >= 15 is 0 Å². The predicted molar refractivity (Wildman–Crippen MR) is 216 cm³/mol. The molecule has 2 aromatic carbocycles. The topological polar surface area (TPSA) is 255 Å². The Bertz CT molecular complexity index is 1750. The highest BCUT2D eigenvalue weighted by Gasteiger charge is 2.41. The molecule has 1 aliphatic heterocycles. The Morgan fingerprint density at radius 1 is 0.810 bits per heavy atom. The number of rotatable bonds is 19. The van der Waals surface area contributed by atoms with Crippen molar-refractivity contribution in [3.63, 3.8) is 0 Å². The number of nitrogens with one attached hydrogen (secondary N) is 5. The highest BCUT2D eigenvalue weighted by molar-refractivity contribution is 5.97. The summed E-state index contributed by atoms with van der Waals surface area (Å²) in [6, 6.07) is 8.99. The van der Waals surface area contributed by atoms with Crippen LogP contribution in [0.25, 0.3) is 0 Å². The number of nitrogens with two attached hydrogens (primary N) is 2. The molecule has 0 saturated heterocycles. The molecule has 58 heavy (non-hydrogen) atoms. The number of aliphatic carboxylic acids is 1. The van der Waals surface area contributed by atoms with E-state index in [1.165, 1.54) is 4.90 Å². The van der Waals surface area contributed by atoms with E-state index in [-0.39, 0.29) is 50.6 Å². The Kier molecular flexibility index (Phi) is 17.0. The summed E-state index contributed by atoms with van der Waals surface area (Å²) < 4.78 is 0. The van der Waals surface area contributed by atoms with Crippen LogP contribution in [-0.2, 0) is 48.2 Å². The number of urea groups is 1. The molecule has 1 heterocycles. The lowest BCUT2D eigenvalue weighted by Gasteiger charge is -2.39. The second-order valence-corrected chi connectivity index (χ2v) is 15.7. The van der Waals surface area contributed by atoms with Crippen molar-refractivity contribution in [2.75, 3.05) is 6.54 Å². The summed E-state index contributed by atoms with van der Waals surface area (Å²) in [6.45, 7) is 5.41. The first-order chi connectivity index (χ1) is 27.7. The molecule has 0 radical (unpaired) electrons. The third-order valence-corrected chi connectivity index (χ3v) is 11.0. The first-order valence-electron chi connectivity index (χ1n) is 20.3. The minimum Gasteiger partial charge on any atom is -0.480 e. The summed E-state index contributed by atoms with van der Waals surface area (Å²) in [7, 11) is 0. The zero-order valence-electron chi connectivity index (χ0n) is 33.7. The first-order valence-corrected chi connectivity index (χ1v) is 20.3. The molecule has 4 rings (SSSR count). The van der Waals surface area contributed by atoms with E-state index in [1.807, 2.05) is 24.3 Å². The van der Waals surface area contributed by atoms with Gasteiger partial charge in [-0.05, 0) is 60.6 Å². The van der Waals surface area contributed by atoms with Crippen LogP contribution in [0.3, 0.4) is 0 Å². The number of fused-ring (bicyclic) bond motifs is 1. The van der Waals surface area contributed by atoms with E-state index in [4.69, 9.17) is 11.5 Å². The molecule has 16 nitrogen and oxygen atoms in total. The molecule has 1 fully saturated rings. The fraction of sp³-hybridized carbons (Fsp3) is 0.548. The van der Waals surface area contributed by atoms with Gasteiger partial charge in [0, 0.05) is 25.9 Å². The number of carboxylic acids is 1. The van der Waals surface area contributed by atoms with E-state index in [0.29, 0.717) is 24.8 Å². The normalized spacial score (nSPS) is 18.0. The summed E-state index contributed by atoms with van der Waals surface area (Å²) in [5, 5.41) is 23.8. The Labute approximate surface area is 340 Å². The maximum Gasteiger partial charge on any atom is 0.326 e. The molecular weight excluding hydrogens is 745 g/mol. The monoisotopic (exact) mass is 804 g/mol. The van der Waals surface area contributed by atoms with Crippen LogP contribution in [0.5, 0.6) is 0 Å². The highest BCUT2D eigenvalue weighted by atomic mass is 16.4. The zero-order chi connectivity index (χ0) is 42.4. The fourth-order valence-electron chi connectivity index (χ4n) is 7.63. The summed E-state index contributed by atoms with van der Waals surface area (Å²) in [5.74, 6) is -4.73. The van der Waals surface area contributed by atoms with Crippen molar-refractivity contribution < 1.29 is 38.7 Å². The van der Waals surface area contributed by atoms with E-state index < -0.39 is 77.8 Å². The molecule has 0 bridgehead atoms. The number of hydrogen-bond donors (Lipinski definition) is 8. The standard InChI is InChI=1S/C42H60N8O8/c1-4-30(43)36(51)48-34(25(2)3)38(53)49-35(27-16-9-6-10-17-27)39(54)46-31(20-13-21-45-42(44)58)40(55)50-24-29-19-12-11-18-28(29)23-33(50)37(52)47-32(41(56)57)22-26-14-7-5-8-15-26/h5,7-8,11-12,14-15,18-19,25,27,30-35H,4,6,9-10,13,16-17,20-24,43H2,1-3H3,(H,46,54)(H,47,52)(H,48,51)(H,49,53)(H,56,57)(H3,44,45,58)/t30-,31-,32-,33-,34-,35?/m0/s1. The molecule has 1 unspecified atom stereocenters. The predicted octanol–water partition coefficient (Wildman–Crippen LogP) is 1.63. The van der Waals surface area contributed by atoms with Crippen LogP contribution in [0, 0.1) is 11.8 Å². The quantitative estimate of drug-likeness (QED) is 0.0960. The molecule has 1 saturated carbocycles. The minimum atomic E-state index is -1.28. The van der Waals surface area contributed by atoms with Gasteiger partial charge in [0.05, 0.1) is 6.04 Å². The van der Waals surface area contributed by atoms with E-state index in [1.54, 1.807) is 51.1 Å². The van der Waals surface area contributed by atoms with Crippen LogP contribution < -0.4 is 38.1 Å². The molecule has 10 N–H and O–H groups in total. The molecular formula is C42H60N8O8. The summed E-state index contributed by atoms with van der Waals surface area (Å²) in [5.41, 5.74) is 13.5. The van der Waals surface area contributed by atoms with Gasteiger partial charge in [0.1, 0.15) is 30.2 Å². The lowest BCUT2D eigenvalue weighted by molar-refractivity contribution is -0.147. The molecule has 7 amide bonds. The summed E-state index contributed by atoms with van der Waals surface area (Å²) >= 11 is 0. The number of amides is 7. The lowest BCUT2D eigenvalue weighted by atomic mass is 9.83. The number of carboxylic acid groups (broad SMARTS) is 1. The molecule has 316 valence electrons. The van der Waals surface area contributed by atoms with Crippen molar-refractivity contribution in [1.82, 2.24) is 31.5 Å². The van der Waals surface area contributed by atoms with Gasteiger partial charge >= 0.3 is 12.0 Å². The van der Waals surface area contributed by atoms with Crippen molar-refractivity contribution in [2.45, 2.75) is 128 Å². The van der Waals surface area contributed by atoms with Gasteiger partial charge in [-0.1, -0.05) is 94.6 Å². The SMILES string of the molecule is CC[C@H](N)C(=O)N[C@H](C(=O)NC(C(=O)N[C@@H](CCCNC(N)=O)C(=O)N1Cc2ccccc2C[C@H]1C(=O)N[C@@H](Cc1ccccc1)C(=O)O)C1CCCCC1)C(C)C. The van der Waals surface area contributed by atoms with Crippen molar-refractivity contribution in [3.05, 3.63) is 71.3 Å². The van der Waals surface area contributed by atoms with Crippen molar-refractivity contribution in [3.8, 4) is 0 Å². The van der Waals surface area contributed by atoms with Crippen LogP contribution >= 0.6 is 0 Å². The number of benzene rings is 2. The summed E-state index contributed by atoms with van der Waals surface area (Å²) in [4.78, 5) is 95.2. The molecule has 1 aliphatic carbocycles. The average molecular weight is 805 g/mol. The molecule has 2 aliphatic rings. The second kappa shape index (κ2) is 21.9. The summed E-state index contributed by atoms with van der Waals surface area (Å²) in [6.07, 6.45) is 4.70. The van der Waals surface area contributed by atoms with Gasteiger partial charge < -0.3 is 48.1 Å². The third kappa shape index (κ3) is 12.7. The average Bonchev–Trinajstić information content (AvgIpc) is 3.21. The number of hydrogen-bond acceptors (Lipinski definition) is 8. The fourth-order valence-corrected chi connectivity index (χ4v) is 7.63. The minimum absolute atomic E-state index is 0.00781. The number of carbonyl (C=O) groups is 7. The van der Waals surface area contributed by atoms with Gasteiger partial charge in [0.15, 0.2) is 0 Å². The van der Waals surface area contributed by atoms with E-state index in [2.05, 4.69) is 26.6 Å². The third-order valence-electron chi connectivity index (χ3n) is 11.0. The number of nitrogens with zero attached hydrogens (tertiary/aromatic N) is 1. The smallest absolute Gasteiger partial charge is 0.326 e. The number of carbonyl (C=O) groups excluding carboxylic acids is 6. The second-order valence-electron chi connectivity index (χ2n) is 15.7.